The summed E-state index contributed by atoms with van der Waals surface area (Å²) < 4.78 is 43.7. The fourth-order valence-corrected chi connectivity index (χ4v) is 4.31. The molecule has 9 heteroatoms. The van der Waals surface area contributed by atoms with Crippen LogP contribution in [-0.2, 0) is 15.7 Å². The Morgan fingerprint density at radius 3 is 2.52 bits per heavy atom. The highest BCUT2D eigenvalue weighted by atomic mass is 19.4. The number of nitrogens with one attached hydrogen (secondary N) is 1. The van der Waals surface area contributed by atoms with E-state index in [1.54, 1.807) is 9.80 Å². The molecule has 1 aromatic carbocycles. The summed E-state index contributed by atoms with van der Waals surface area (Å²) in [4.78, 5) is 27.8. The number of carbonyl (C=O) groups excluding carboxylic acids is 2. The zero-order valence-corrected chi connectivity index (χ0v) is 16.1. The van der Waals surface area contributed by atoms with Gasteiger partial charge in [0.1, 0.15) is 6.61 Å². The monoisotopic (exact) mass is 411 g/mol. The lowest BCUT2D eigenvalue weighted by Crippen LogP contribution is -2.64. The molecular weight excluding hydrogens is 387 g/mol. The molecular formula is C20H24F3N3O3. The minimum atomic E-state index is -4.34. The smallest absolute Gasteiger partial charge is 0.366 e. The van der Waals surface area contributed by atoms with E-state index in [2.05, 4.69) is 5.32 Å². The number of fused-ring (bicyclic) bond motifs is 1. The van der Waals surface area contributed by atoms with Gasteiger partial charge in [-0.1, -0.05) is 19.1 Å². The second kappa shape index (κ2) is 7.51. The third-order valence-electron chi connectivity index (χ3n) is 6.25. The minimum Gasteiger partial charge on any atom is -0.366 e. The predicted molar refractivity (Wildman–Crippen MR) is 98.2 cm³/mol. The number of carbonyl (C=O) groups is 2. The van der Waals surface area contributed by atoms with Crippen LogP contribution in [0.3, 0.4) is 0 Å². The second-order valence-corrected chi connectivity index (χ2v) is 8.11. The highest BCUT2D eigenvalue weighted by molar-refractivity contribution is 5.79. The van der Waals surface area contributed by atoms with Crippen LogP contribution in [0, 0.1) is 5.92 Å². The lowest BCUT2D eigenvalue weighted by atomic mass is 9.82. The molecule has 3 saturated heterocycles. The summed E-state index contributed by atoms with van der Waals surface area (Å²) >= 11 is 0. The van der Waals surface area contributed by atoms with Gasteiger partial charge in [0, 0.05) is 32.1 Å². The summed E-state index contributed by atoms with van der Waals surface area (Å²) in [6.45, 7) is 4.24. The third kappa shape index (κ3) is 4.05. The Hall–Kier alpha value is -2.29. The number of ether oxygens (including phenoxy) is 1. The van der Waals surface area contributed by atoms with E-state index in [1.165, 1.54) is 12.1 Å². The Balaban J connectivity index is 1.30. The Morgan fingerprint density at radius 2 is 1.86 bits per heavy atom. The van der Waals surface area contributed by atoms with Crippen molar-refractivity contribution in [2.45, 2.75) is 37.6 Å². The molecule has 0 aliphatic carbocycles. The van der Waals surface area contributed by atoms with Gasteiger partial charge in [-0.05, 0) is 30.0 Å². The van der Waals surface area contributed by atoms with E-state index in [0.29, 0.717) is 32.6 Å². The number of halogens is 3. The lowest BCUT2D eigenvalue weighted by molar-refractivity contribution is -0.140. The van der Waals surface area contributed by atoms with Gasteiger partial charge in [0.2, 0.25) is 5.91 Å². The number of alkyl halides is 3. The first-order valence-corrected chi connectivity index (χ1v) is 9.84. The molecule has 6 nitrogen and oxygen atoms in total. The zero-order valence-electron chi connectivity index (χ0n) is 16.1. The van der Waals surface area contributed by atoms with Crippen LogP contribution in [0.15, 0.2) is 24.3 Å². The number of piperidine rings is 1. The molecule has 3 aliphatic heterocycles. The molecule has 0 unspecified atom stereocenters. The quantitative estimate of drug-likeness (QED) is 0.813. The van der Waals surface area contributed by atoms with Crippen LogP contribution in [0.1, 0.15) is 30.4 Å². The average molecular weight is 411 g/mol. The average Bonchev–Trinajstić information content (AvgIpc) is 2.65. The highest BCUT2D eigenvalue weighted by Crippen LogP contribution is 2.35. The zero-order chi connectivity index (χ0) is 20.8. The molecule has 3 fully saturated rings. The van der Waals surface area contributed by atoms with Crippen molar-refractivity contribution in [2.24, 2.45) is 5.92 Å². The maximum Gasteiger partial charge on any atom is 0.416 e. The molecule has 158 valence electrons. The van der Waals surface area contributed by atoms with Crippen LogP contribution in [0.25, 0.3) is 0 Å². The van der Waals surface area contributed by atoms with Gasteiger partial charge in [0.15, 0.2) is 0 Å². The molecule has 0 bridgehead atoms. The van der Waals surface area contributed by atoms with E-state index >= 15 is 0 Å². The fourth-order valence-electron chi connectivity index (χ4n) is 4.31. The van der Waals surface area contributed by atoms with Gasteiger partial charge in [-0.3, -0.25) is 4.79 Å². The number of likely N-dealkylation sites (tertiary alicyclic amines) is 2. The molecule has 3 heterocycles. The summed E-state index contributed by atoms with van der Waals surface area (Å²) in [7, 11) is 0. The molecule has 3 amide bonds. The van der Waals surface area contributed by atoms with Gasteiger partial charge in [-0.15, -0.1) is 0 Å². The maximum absolute atomic E-state index is 12.8. The lowest BCUT2D eigenvalue weighted by Gasteiger charge is -2.47. The van der Waals surface area contributed by atoms with Crippen molar-refractivity contribution in [3.63, 3.8) is 0 Å². The Bertz CT molecular complexity index is 777. The van der Waals surface area contributed by atoms with E-state index in [4.69, 9.17) is 4.74 Å². The topological polar surface area (TPSA) is 61.9 Å². The Morgan fingerprint density at radius 1 is 1.17 bits per heavy atom. The summed E-state index contributed by atoms with van der Waals surface area (Å²) in [6, 6.07) is 5.04. The molecule has 0 radical (unpaired) electrons. The summed E-state index contributed by atoms with van der Waals surface area (Å²) in [5, 5.41) is 2.89. The van der Waals surface area contributed by atoms with E-state index in [0.717, 1.165) is 17.7 Å². The van der Waals surface area contributed by atoms with Gasteiger partial charge in [0.25, 0.3) is 0 Å². The first kappa shape index (κ1) is 20.0. The van der Waals surface area contributed by atoms with Crippen molar-refractivity contribution >= 4 is 11.9 Å². The predicted octanol–water partition coefficient (Wildman–Crippen LogP) is 2.45. The van der Waals surface area contributed by atoms with Crippen LogP contribution < -0.4 is 5.32 Å². The van der Waals surface area contributed by atoms with Crippen molar-refractivity contribution < 1.29 is 27.5 Å². The number of nitrogens with zero attached hydrogens (tertiary/aromatic N) is 2. The SMILES string of the molecule is C[C@H](c1ccc(C(F)(F)F)cc1)C1CN(C(=O)N2CC[C@@H]3OCC(=O)N[C@@H]3C2)C1. The second-order valence-electron chi connectivity index (χ2n) is 8.11. The van der Waals surface area contributed by atoms with Crippen molar-refractivity contribution in [2.75, 3.05) is 32.8 Å². The molecule has 0 aromatic heterocycles. The molecule has 4 rings (SSSR count). The fraction of sp³-hybridized carbons (Fsp3) is 0.600. The van der Waals surface area contributed by atoms with Gasteiger partial charge >= 0.3 is 12.2 Å². The standard InChI is InChI=1S/C20H24F3N3O3/c1-12(13-2-4-15(5-3-13)20(21,22)23)14-8-26(9-14)19(28)25-7-6-17-16(10-25)24-18(27)11-29-17/h2-5,12,14,16-17H,6-11H2,1H3,(H,24,27)/t12-,16-,17+/m1/s1. The van der Waals surface area contributed by atoms with Crippen LogP contribution in [0.2, 0.25) is 0 Å². The number of benzene rings is 1. The maximum atomic E-state index is 12.8. The summed E-state index contributed by atoms with van der Waals surface area (Å²) in [5.41, 5.74) is 0.194. The number of hydrogen-bond donors (Lipinski definition) is 1. The van der Waals surface area contributed by atoms with E-state index in [1.807, 2.05) is 6.92 Å². The number of rotatable bonds is 2. The van der Waals surface area contributed by atoms with Gasteiger partial charge in [-0.2, -0.15) is 13.2 Å². The molecule has 1 N–H and O–H groups in total. The Labute approximate surface area is 167 Å². The van der Waals surface area contributed by atoms with Crippen LogP contribution in [0.5, 0.6) is 0 Å². The van der Waals surface area contributed by atoms with Crippen molar-refractivity contribution in [3.05, 3.63) is 35.4 Å². The highest BCUT2D eigenvalue weighted by Gasteiger charge is 2.41. The van der Waals surface area contributed by atoms with Crippen molar-refractivity contribution in [1.82, 2.24) is 15.1 Å². The van der Waals surface area contributed by atoms with E-state index < -0.39 is 11.7 Å². The first-order chi connectivity index (χ1) is 13.7. The largest absolute Gasteiger partial charge is 0.416 e. The summed E-state index contributed by atoms with van der Waals surface area (Å²) in [5.74, 6) is 0.124. The minimum absolute atomic E-state index is 0.0411. The van der Waals surface area contributed by atoms with Crippen molar-refractivity contribution in [1.29, 1.82) is 0 Å². The van der Waals surface area contributed by atoms with Gasteiger partial charge in [-0.25, -0.2) is 4.79 Å². The van der Waals surface area contributed by atoms with E-state index in [-0.39, 0.29) is 42.5 Å². The third-order valence-corrected chi connectivity index (χ3v) is 6.25. The normalized spacial score (nSPS) is 26.4. The van der Waals surface area contributed by atoms with Crippen LogP contribution in [-0.4, -0.2) is 66.7 Å². The number of hydrogen-bond acceptors (Lipinski definition) is 3. The summed E-state index contributed by atoms with van der Waals surface area (Å²) in [6.07, 6.45) is -3.69. The number of urea groups is 1. The molecule has 29 heavy (non-hydrogen) atoms. The molecule has 3 atom stereocenters. The molecule has 0 spiro atoms. The number of amides is 3. The molecule has 0 saturated carbocycles. The first-order valence-electron chi connectivity index (χ1n) is 9.84. The van der Waals surface area contributed by atoms with Crippen molar-refractivity contribution in [3.8, 4) is 0 Å². The number of morpholine rings is 1. The van der Waals surface area contributed by atoms with E-state index in [9.17, 15) is 22.8 Å². The Kier molecular flexibility index (Phi) is 5.18. The molecule has 1 aromatic rings. The molecule has 3 aliphatic rings. The van der Waals surface area contributed by atoms with Gasteiger partial charge in [0.05, 0.1) is 17.7 Å². The van der Waals surface area contributed by atoms with Gasteiger partial charge < -0.3 is 19.9 Å². The van der Waals surface area contributed by atoms with Crippen LogP contribution >= 0.6 is 0 Å². The van der Waals surface area contributed by atoms with Crippen LogP contribution in [0.4, 0.5) is 18.0 Å².